The number of ether oxygens (including phenoxy) is 2. The van der Waals surface area contributed by atoms with Gasteiger partial charge in [-0.2, -0.15) is 0 Å². The largest absolute Gasteiger partial charge is 0.497 e. The van der Waals surface area contributed by atoms with Gasteiger partial charge in [0.1, 0.15) is 5.75 Å². The summed E-state index contributed by atoms with van der Waals surface area (Å²) in [5, 5.41) is 3.43. The molecule has 0 heterocycles. The van der Waals surface area contributed by atoms with Gasteiger partial charge in [0.15, 0.2) is 5.96 Å². The van der Waals surface area contributed by atoms with Crippen molar-refractivity contribution < 1.29 is 9.47 Å². The van der Waals surface area contributed by atoms with Gasteiger partial charge in [-0.3, -0.25) is 4.99 Å². The molecule has 0 saturated carbocycles. The molecule has 144 valence electrons. The summed E-state index contributed by atoms with van der Waals surface area (Å²) < 4.78 is 11.0. The Hall–Kier alpha value is -1.02. The van der Waals surface area contributed by atoms with E-state index in [9.17, 15) is 0 Å². The van der Waals surface area contributed by atoms with Gasteiger partial charge in [-0.05, 0) is 37.0 Å². The van der Waals surface area contributed by atoms with Gasteiger partial charge in [0, 0.05) is 33.8 Å². The molecule has 0 aromatic heterocycles. The van der Waals surface area contributed by atoms with E-state index in [4.69, 9.17) is 9.47 Å². The monoisotopic (exact) mass is 463 g/mol. The molecular formula is C19H34IN3O2. The van der Waals surface area contributed by atoms with E-state index in [1.807, 2.05) is 33.2 Å². The molecule has 1 aromatic rings. The minimum atomic E-state index is 0. The first-order chi connectivity index (χ1) is 11.5. The molecule has 0 fully saturated rings. The lowest BCUT2D eigenvalue weighted by Gasteiger charge is -2.25. The second-order valence-corrected chi connectivity index (χ2v) is 6.20. The van der Waals surface area contributed by atoms with Crippen LogP contribution in [0.25, 0.3) is 0 Å². The molecule has 5 nitrogen and oxygen atoms in total. The maximum absolute atomic E-state index is 5.79. The molecule has 25 heavy (non-hydrogen) atoms. The molecule has 0 aliphatic rings. The highest BCUT2D eigenvalue weighted by Gasteiger charge is 2.14. The van der Waals surface area contributed by atoms with E-state index >= 15 is 0 Å². The van der Waals surface area contributed by atoms with Crippen LogP contribution in [0.1, 0.15) is 32.8 Å². The molecule has 0 radical (unpaired) electrons. The lowest BCUT2D eigenvalue weighted by molar-refractivity contribution is 0.0257. The van der Waals surface area contributed by atoms with Crippen molar-refractivity contribution in [1.29, 1.82) is 0 Å². The molecule has 0 spiro atoms. The number of nitrogens with one attached hydrogen (secondary N) is 1. The van der Waals surface area contributed by atoms with Gasteiger partial charge in [0.05, 0.1) is 13.2 Å². The van der Waals surface area contributed by atoms with Crippen molar-refractivity contribution in [3.05, 3.63) is 29.8 Å². The third-order valence-electron chi connectivity index (χ3n) is 3.99. The molecule has 1 rings (SSSR count). The lowest BCUT2D eigenvalue weighted by atomic mass is 10.0. The molecule has 0 aliphatic carbocycles. The number of rotatable bonds is 9. The van der Waals surface area contributed by atoms with E-state index in [0.717, 1.165) is 37.8 Å². The van der Waals surface area contributed by atoms with Crippen molar-refractivity contribution in [1.82, 2.24) is 10.2 Å². The van der Waals surface area contributed by atoms with E-state index < -0.39 is 0 Å². The molecule has 0 amide bonds. The maximum atomic E-state index is 5.79. The van der Waals surface area contributed by atoms with Crippen LogP contribution in [0.4, 0.5) is 0 Å². The Balaban J connectivity index is 0.00000576. The fraction of sp³-hybridized carbons (Fsp3) is 0.632. The van der Waals surface area contributed by atoms with Crippen molar-refractivity contribution in [2.45, 2.75) is 39.8 Å². The third kappa shape index (κ3) is 8.76. The van der Waals surface area contributed by atoms with Crippen LogP contribution in [-0.4, -0.2) is 51.3 Å². The van der Waals surface area contributed by atoms with Crippen LogP contribution in [0.2, 0.25) is 0 Å². The Morgan fingerprint density at radius 2 is 1.88 bits per heavy atom. The van der Waals surface area contributed by atoms with Crippen LogP contribution < -0.4 is 10.1 Å². The van der Waals surface area contributed by atoms with Crippen molar-refractivity contribution >= 4 is 29.9 Å². The highest BCUT2D eigenvalue weighted by Crippen LogP contribution is 2.13. The highest BCUT2D eigenvalue weighted by atomic mass is 127. The van der Waals surface area contributed by atoms with Gasteiger partial charge in [-0.15, -0.1) is 24.0 Å². The van der Waals surface area contributed by atoms with Crippen molar-refractivity contribution in [3.63, 3.8) is 0 Å². The second-order valence-electron chi connectivity index (χ2n) is 6.20. The first-order valence-corrected chi connectivity index (χ1v) is 8.68. The van der Waals surface area contributed by atoms with Crippen LogP contribution in [0.15, 0.2) is 29.3 Å². The molecular weight excluding hydrogens is 429 g/mol. The first-order valence-electron chi connectivity index (χ1n) is 8.68. The minimum Gasteiger partial charge on any atom is -0.497 e. The number of nitrogens with zero attached hydrogens (tertiary/aromatic N) is 2. The third-order valence-corrected chi connectivity index (χ3v) is 3.99. The van der Waals surface area contributed by atoms with E-state index in [2.05, 4.69) is 41.2 Å². The van der Waals surface area contributed by atoms with Crippen LogP contribution in [0, 0.1) is 5.92 Å². The predicted molar refractivity (Wildman–Crippen MR) is 116 cm³/mol. The maximum Gasteiger partial charge on any atom is 0.193 e. The topological polar surface area (TPSA) is 46.1 Å². The Labute approximate surface area is 170 Å². The summed E-state index contributed by atoms with van der Waals surface area (Å²) >= 11 is 0. The average molecular weight is 463 g/mol. The minimum absolute atomic E-state index is 0. The number of hydrogen-bond donors (Lipinski definition) is 1. The molecule has 1 N–H and O–H groups in total. The number of hydrogen-bond acceptors (Lipinski definition) is 3. The zero-order valence-electron chi connectivity index (χ0n) is 16.4. The van der Waals surface area contributed by atoms with Crippen molar-refractivity contribution in [2.24, 2.45) is 10.9 Å². The summed E-state index contributed by atoms with van der Waals surface area (Å²) in [6, 6.07) is 8.11. The zero-order valence-corrected chi connectivity index (χ0v) is 18.7. The lowest BCUT2D eigenvalue weighted by Crippen LogP contribution is -2.40. The van der Waals surface area contributed by atoms with Crippen LogP contribution in [0.3, 0.4) is 0 Å². The smallest absolute Gasteiger partial charge is 0.193 e. The van der Waals surface area contributed by atoms with Gasteiger partial charge in [0.2, 0.25) is 0 Å². The average Bonchev–Trinajstić information content (AvgIpc) is 2.58. The molecule has 1 atom stereocenters. The molecule has 6 heteroatoms. The van der Waals surface area contributed by atoms with Crippen LogP contribution in [-0.2, 0) is 11.3 Å². The number of aliphatic imine (C=N–C) groups is 1. The van der Waals surface area contributed by atoms with E-state index in [0.29, 0.717) is 5.92 Å². The van der Waals surface area contributed by atoms with Crippen molar-refractivity contribution in [3.8, 4) is 5.75 Å². The highest BCUT2D eigenvalue weighted by molar-refractivity contribution is 14.0. The number of methoxy groups -OCH3 is 1. The summed E-state index contributed by atoms with van der Waals surface area (Å²) in [7, 11) is 5.54. The second kappa shape index (κ2) is 13.2. The SMILES string of the molecule is CCOC(CCNC(=NC)N(C)Cc1ccc(OC)cc1)C(C)C.I. The summed E-state index contributed by atoms with van der Waals surface area (Å²) in [6.07, 6.45) is 1.26. The number of halogens is 1. The summed E-state index contributed by atoms with van der Waals surface area (Å²) in [5.41, 5.74) is 1.22. The van der Waals surface area contributed by atoms with Crippen molar-refractivity contribution in [2.75, 3.05) is 34.4 Å². The number of benzene rings is 1. The molecule has 1 aromatic carbocycles. The quantitative estimate of drug-likeness (QED) is 0.344. The zero-order chi connectivity index (χ0) is 17.9. The van der Waals surface area contributed by atoms with Crippen LogP contribution in [0.5, 0.6) is 5.75 Å². The Morgan fingerprint density at radius 3 is 2.36 bits per heavy atom. The van der Waals surface area contributed by atoms with Gasteiger partial charge >= 0.3 is 0 Å². The van der Waals surface area contributed by atoms with Gasteiger partial charge in [-0.25, -0.2) is 0 Å². The standard InChI is InChI=1S/C19H33N3O2.HI/c1-7-24-18(15(2)3)12-13-21-19(20-4)22(5)14-16-8-10-17(23-6)11-9-16;/h8-11,15,18H,7,12-14H2,1-6H3,(H,20,21);1H. The van der Waals surface area contributed by atoms with E-state index in [1.54, 1.807) is 7.11 Å². The normalized spacial score (nSPS) is 12.5. The Morgan fingerprint density at radius 1 is 1.24 bits per heavy atom. The molecule has 0 aliphatic heterocycles. The van der Waals surface area contributed by atoms with Gasteiger partial charge in [-0.1, -0.05) is 26.0 Å². The molecule has 1 unspecified atom stereocenters. The predicted octanol–water partition coefficient (Wildman–Crippen LogP) is 3.77. The number of guanidine groups is 1. The first kappa shape index (κ1) is 24.0. The Bertz CT molecular complexity index is 492. The Kier molecular flexibility index (Phi) is 12.7. The molecule has 0 bridgehead atoms. The fourth-order valence-corrected chi connectivity index (χ4v) is 2.61. The van der Waals surface area contributed by atoms with Gasteiger partial charge in [0.25, 0.3) is 0 Å². The molecule has 0 saturated heterocycles. The van der Waals surface area contributed by atoms with Gasteiger partial charge < -0.3 is 19.7 Å². The van der Waals surface area contributed by atoms with E-state index in [-0.39, 0.29) is 30.1 Å². The van der Waals surface area contributed by atoms with E-state index in [1.165, 1.54) is 5.56 Å². The summed E-state index contributed by atoms with van der Waals surface area (Å²) in [6.45, 7) is 8.85. The summed E-state index contributed by atoms with van der Waals surface area (Å²) in [5.74, 6) is 2.29. The summed E-state index contributed by atoms with van der Waals surface area (Å²) in [4.78, 5) is 6.49. The fourth-order valence-electron chi connectivity index (χ4n) is 2.61. The van der Waals surface area contributed by atoms with Crippen LogP contribution >= 0.6 is 24.0 Å².